The molecule has 0 saturated carbocycles. The number of benzene rings is 1. The maximum absolute atomic E-state index is 11.7. The summed E-state index contributed by atoms with van der Waals surface area (Å²) in [5, 5.41) is 3.27. The Morgan fingerprint density at radius 2 is 2.12 bits per heavy atom. The molecule has 0 aliphatic heterocycles. The molecule has 0 spiro atoms. The first-order valence-corrected chi connectivity index (χ1v) is 8.95. The molecule has 0 bridgehead atoms. The molecule has 3 N–H and O–H groups in total. The molecule has 2 heterocycles. The third-order valence-corrected chi connectivity index (χ3v) is 4.53. The molecule has 3 rings (SSSR count). The second kappa shape index (κ2) is 7.61. The van der Waals surface area contributed by atoms with Gasteiger partial charge in [-0.15, -0.1) is 0 Å². The molecule has 134 valence electrons. The van der Waals surface area contributed by atoms with Crippen LogP contribution in [-0.2, 0) is 6.42 Å². The fraction of sp³-hybridized carbons (Fsp3) is 0.263. The number of unbranched alkanes of at least 4 members (excludes halogenated alkanes) is 1. The Bertz CT molecular complexity index is 979. The smallest absolute Gasteiger partial charge is 0.271 e. The van der Waals surface area contributed by atoms with Crippen molar-refractivity contribution >= 4 is 34.6 Å². The van der Waals surface area contributed by atoms with Crippen LogP contribution in [0.25, 0.3) is 5.65 Å². The van der Waals surface area contributed by atoms with E-state index >= 15 is 0 Å². The molecule has 3 aromatic rings. The Morgan fingerprint density at radius 1 is 1.35 bits per heavy atom. The van der Waals surface area contributed by atoms with Gasteiger partial charge in [-0.25, -0.2) is 9.97 Å². The Hall–Kier alpha value is -2.80. The minimum absolute atomic E-state index is 0.160. The number of nitrogens with one attached hydrogen (secondary N) is 1. The first-order valence-electron chi connectivity index (χ1n) is 8.55. The van der Waals surface area contributed by atoms with Crippen LogP contribution < -0.4 is 11.1 Å². The zero-order valence-corrected chi connectivity index (χ0v) is 15.6. The monoisotopic (exact) mass is 367 g/mol. The van der Waals surface area contributed by atoms with Gasteiger partial charge in [-0.3, -0.25) is 9.20 Å². The number of rotatable bonds is 6. The lowest BCUT2D eigenvalue weighted by Crippen LogP contribution is -2.16. The molecule has 2 aromatic heterocycles. The van der Waals surface area contributed by atoms with Crippen LogP contribution in [0.3, 0.4) is 0 Å². The average molecular weight is 367 g/mol. The molecule has 0 aliphatic carbocycles. The number of anilines is 1. The van der Waals surface area contributed by atoms with Crippen molar-refractivity contribution in [3.05, 3.63) is 59.2 Å². The second-order valence-electron chi connectivity index (χ2n) is 6.16. The van der Waals surface area contributed by atoms with Crippen molar-refractivity contribution in [1.29, 1.82) is 0 Å². The van der Waals surface area contributed by atoms with Crippen LogP contribution in [0.2, 0.25) is 0 Å². The lowest BCUT2D eigenvalue weighted by Gasteiger charge is -2.13. The summed E-state index contributed by atoms with van der Waals surface area (Å²) < 4.78 is 1.71. The van der Waals surface area contributed by atoms with Crippen molar-refractivity contribution in [2.75, 3.05) is 5.32 Å². The van der Waals surface area contributed by atoms with Crippen LogP contribution >= 0.6 is 12.2 Å². The van der Waals surface area contributed by atoms with Gasteiger partial charge in [0.1, 0.15) is 17.1 Å². The lowest BCUT2D eigenvalue weighted by atomic mass is 10.1. The molecule has 6 nitrogen and oxygen atoms in total. The molecular formula is C19H21N5OS. The SMILES string of the molecule is CCCCc1cc(NC(=S)c2ccccc2C)n2cnc(C(N)=O)c2n1. The topological polar surface area (TPSA) is 85.3 Å². The highest BCUT2D eigenvalue weighted by Crippen LogP contribution is 2.19. The van der Waals surface area contributed by atoms with Gasteiger partial charge in [0.05, 0.1) is 0 Å². The first-order chi connectivity index (χ1) is 12.5. The number of thiocarbonyl (C=S) groups is 1. The van der Waals surface area contributed by atoms with E-state index in [1.54, 1.807) is 4.40 Å². The zero-order valence-electron chi connectivity index (χ0n) is 14.8. The summed E-state index contributed by atoms with van der Waals surface area (Å²) in [6.45, 7) is 4.14. The number of nitrogens with two attached hydrogens (primary N) is 1. The number of aryl methyl sites for hydroxylation is 2. The molecule has 1 amide bonds. The Labute approximate surface area is 157 Å². The molecule has 0 aliphatic rings. The van der Waals surface area contributed by atoms with E-state index in [4.69, 9.17) is 18.0 Å². The highest BCUT2D eigenvalue weighted by atomic mass is 32.1. The van der Waals surface area contributed by atoms with Gasteiger partial charge < -0.3 is 11.1 Å². The van der Waals surface area contributed by atoms with Gasteiger partial charge in [0, 0.05) is 17.3 Å². The molecule has 0 radical (unpaired) electrons. The number of aromatic nitrogens is 3. The van der Waals surface area contributed by atoms with E-state index in [1.807, 2.05) is 37.3 Å². The molecule has 7 heteroatoms. The summed E-state index contributed by atoms with van der Waals surface area (Å²) in [7, 11) is 0. The Balaban J connectivity index is 2.04. The number of primary amides is 1. The van der Waals surface area contributed by atoms with Crippen molar-refractivity contribution in [2.45, 2.75) is 33.1 Å². The van der Waals surface area contributed by atoms with Crippen LogP contribution in [0.1, 0.15) is 47.1 Å². The average Bonchev–Trinajstić information content (AvgIpc) is 3.04. The third-order valence-electron chi connectivity index (χ3n) is 4.21. The van der Waals surface area contributed by atoms with Crippen molar-refractivity contribution in [1.82, 2.24) is 14.4 Å². The van der Waals surface area contributed by atoms with Gasteiger partial charge in [-0.2, -0.15) is 0 Å². The molecule has 26 heavy (non-hydrogen) atoms. The van der Waals surface area contributed by atoms with Crippen molar-refractivity contribution in [3.63, 3.8) is 0 Å². The molecule has 0 atom stereocenters. The van der Waals surface area contributed by atoms with Gasteiger partial charge in [0.25, 0.3) is 5.91 Å². The van der Waals surface area contributed by atoms with E-state index in [1.165, 1.54) is 6.33 Å². The quantitative estimate of drug-likeness (QED) is 0.653. The summed E-state index contributed by atoms with van der Waals surface area (Å²) in [4.78, 5) is 20.9. The maximum Gasteiger partial charge on any atom is 0.271 e. The fourth-order valence-corrected chi connectivity index (χ4v) is 3.12. The predicted molar refractivity (Wildman–Crippen MR) is 107 cm³/mol. The largest absolute Gasteiger partial charge is 0.364 e. The number of carbonyl (C=O) groups excluding carboxylic acids is 1. The number of nitrogens with zero attached hydrogens (tertiary/aromatic N) is 3. The van der Waals surface area contributed by atoms with E-state index in [0.29, 0.717) is 16.5 Å². The number of hydrogen-bond acceptors (Lipinski definition) is 4. The highest BCUT2D eigenvalue weighted by Gasteiger charge is 2.16. The van der Waals surface area contributed by atoms with Gasteiger partial charge in [-0.1, -0.05) is 49.8 Å². The minimum atomic E-state index is -0.597. The number of carbonyl (C=O) groups is 1. The number of hydrogen-bond donors (Lipinski definition) is 2. The molecule has 1 aromatic carbocycles. The fourth-order valence-electron chi connectivity index (χ4n) is 2.79. The second-order valence-corrected chi connectivity index (χ2v) is 6.56. The third kappa shape index (κ3) is 3.57. The Kier molecular flexibility index (Phi) is 5.27. The van der Waals surface area contributed by atoms with Crippen LogP contribution in [0.5, 0.6) is 0 Å². The molecule has 0 unspecified atom stereocenters. The minimum Gasteiger partial charge on any atom is -0.364 e. The standard InChI is InChI=1S/C19H21N5OS/c1-3-4-8-13-10-15(23-19(26)14-9-6-5-7-12(14)2)24-11-21-16(17(20)25)18(24)22-13/h5-7,9-11H,3-4,8H2,1-2H3,(H2,20,25)(H,23,26). The highest BCUT2D eigenvalue weighted by molar-refractivity contribution is 7.81. The summed E-state index contributed by atoms with van der Waals surface area (Å²) in [6, 6.07) is 9.86. The van der Waals surface area contributed by atoms with Gasteiger partial charge >= 0.3 is 0 Å². The molecule has 0 fully saturated rings. The molecular weight excluding hydrogens is 346 g/mol. The van der Waals surface area contributed by atoms with Crippen molar-refractivity contribution < 1.29 is 4.79 Å². The summed E-state index contributed by atoms with van der Waals surface area (Å²) in [6.07, 6.45) is 4.40. The maximum atomic E-state index is 11.7. The van der Waals surface area contributed by atoms with Gasteiger partial charge in [-0.05, 0) is 25.3 Å². The van der Waals surface area contributed by atoms with E-state index in [2.05, 4.69) is 22.2 Å². The van der Waals surface area contributed by atoms with Crippen LogP contribution in [0.15, 0.2) is 36.7 Å². The lowest BCUT2D eigenvalue weighted by molar-refractivity contribution is 0.0997. The zero-order chi connectivity index (χ0) is 18.7. The first kappa shape index (κ1) is 18.0. The van der Waals surface area contributed by atoms with Crippen molar-refractivity contribution in [3.8, 4) is 0 Å². The van der Waals surface area contributed by atoms with E-state index in [0.717, 1.165) is 36.1 Å². The van der Waals surface area contributed by atoms with Gasteiger partial charge in [0.2, 0.25) is 0 Å². The summed E-state index contributed by atoms with van der Waals surface area (Å²) in [5.74, 6) is 0.120. The summed E-state index contributed by atoms with van der Waals surface area (Å²) in [5.41, 5.74) is 8.96. The molecule has 0 saturated heterocycles. The Morgan fingerprint density at radius 3 is 2.81 bits per heavy atom. The van der Waals surface area contributed by atoms with Crippen LogP contribution in [-0.4, -0.2) is 25.3 Å². The number of imidazole rings is 1. The number of amides is 1. The van der Waals surface area contributed by atoms with E-state index in [9.17, 15) is 4.79 Å². The van der Waals surface area contributed by atoms with E-state index < -0.39 is 5.91 Å². The van der Waals surface area contributed by atoms with E-state index in [-0.39, 0.29) is 5.69 Å². The van der Waals surface area contributed by atoms with Crippen LogP contribution in [0.4, 0.5) is 5.82 Å². The summed E-state index contributed by atoms with van der Waals surface area (Å²) >= 11 is 5.59. The van der Waals surface area contributed by atoms with Crippen LogP contribution in [0, 0.1) is 6.92 Å². The van der Waals surface area contributed by atoms with Crippen molar-refractivity contribution in [2.24, 2.45) is 5.73 Å². The number of fused-ring (bicyclic) bond motifs is 1. The normalized spacial score (nSPS) is 10.8. The van der Waals surface area contributed by atoms with Gasteiger partial charge in [0.15, 0.2) is 11.3 Å². The predicted octanol–water partition coefficient (Wildman–Crippen LogP) is 3.27.